The Kier molecular flexibility index (Phi) is 9.90. The van der Waals surface area contributed by atoms with Gasteiger partial charge in [0.05, 0.1) is 0 Å². The molecule has 56 heavy (non-hydrogen) atoms. The minimum atomic E-state index is -0.0114. The average molecular weight is 909 g/mol. The molecule has 0 unspecified atom stereocenters. The first-order valence-corrected chi connectivity index (χ1v) is 18.7. The third-order valence-electron chi connectivity index (χ3n) is 10.5. The van der Waals surface area contributed by atoms with Gasteiger partial charge in [0.15, 0.2) is 0 Å². The molecule has 9 rings (SSSR count). The molecule has 1 aliphatic heterocycles. The van der Waals surface area contributed by atoms with Crippen LogP contribution in [-0.4, -0.2) is 9.55 Å². The zero-order valence-corrected chi connectivity index (χ0v) is 34.3. The number of rotatable bonds is 7. The van der Waals surface area contributed by atoms with E-state index in [4.69, 9.17) is 9.72 Å². The molecule has 0 saturated heterocycles. The second-order valence-corrected chi connectivity index (χ2v) is 15.1. The molecule has 0 bridgehead atoms. The molecule has 0 radical (unpaired) electrons. The Bertz CT molecular complexity index is 2670. The van der Waals surface area contributed by atoms with Gasteiger partial charge in [-0.1, -0.05) is 105 Å². The van der Waals surface area contributed by atoms with E-state index in [2.05, 4.69) is 195 Å². The largest absolute Gasteiger partial charge is 0.509 e. The number of pyridine rings is 1. The molecule has 0 spiro atoms. The van der Waals surface area contributed by atoms with Crippen molar-refractivity contribution in [1.29, 1.82) is 0 Å². The maximum Gasteiger partial charge on any atom is 0.135 e. The summed E-state index contributed by atoms with van der Waals surface area (Å²) in [7, 11) is 0. The summed E-state index contributed by atoms with van der Waals surface area (Å²) < 4.78 is 8.73. The van der Waals surface area contributed by atoms with Crippen molar-refractivity contribution in [2.24, 2.45) is 0 Å². The molecule has 0 fully saturated rings. The van der Waals surface area contributed by atoms with E-state index in [1.807, 2.05) is 24.4 Å². The van der Waals surface area contributed by atoms with Crippen LogP contribution in [0.1, 0.15) is 40.2 Å². The summed E-state index contributed by atoms with van der Waals surface area (Å²) in [6, 6.07) is 57.9. The van der Waals surface area contributed by atoms with Crippen LogP contribution in [0.5, 0.6) is 11.5 Å². The first kappa shape index (κ1) is 37.0. The molecule has 0 saturated carbocycles. The summed E-state index contributed by atoms with van der Waals surface area (Å²) >= 11 is 0. The number of para-hydroxylation sites is 1. The van der Waals surface area contributed by atoms with Crippen molar-refractivity contribution in [1.82, 2.24) is 9.55 Å². The monoisotopic (exact) mass is 908 g/mol. The fraction of sp³-hybridized carbons (Fsp3) is 0.120. The number of allylic oxidation sites excluding steroid dienone is 2. The topological polar surface area (TPSA) is 33.5 Å². The first-order valence-electron chi connectivity index (χ1n) is 18.7. The second kappa shape index (κ2) is 15.0. The molecule has 0 N–H and O–H groups in total. The fourth-order valence-electron chi connectivity index (χ4n) is 7.42. The Labute approximate surface area is 343 Å². The van der Waals surface area contributed by atoms with Gasteiger partial charge in [-0.05, 0) is 88.9 Å². The molecule has 5 nitrogen and oxygen atoms in total. The molecule has 8 aromatic rings. The van der Waals surface area contributed by atoms with E-state index in [0.717, 1.165) is 50.4 Å². The predicted octanol–water partition coefficient (Wildman–Crippen LogP) is 12.9. The number of aromatic nitrogens is 2. The molecule has 280 valence electrons. The van der Waals surface area contributed by atoms with E-state index in [1.54, 1.807) is 0 Å². The van der Waals surface area contributed by atoms with Crippen LogP contribution in [0.2, 0.25) is 0 Å². The van der Waals surface area contributed by atoms with Gasteiger partial charge in [-0.25, -0.2) is 4.98 Å². The minimum Gasteiger partial charge on any atom is -0.509 e. The summed E-state index contributed by atoms with van der Waals surface area (Å²) in [5.41, 5.74) is 12.1. The summed E-state index contributed by atoms with van der Waals surface area (Å²) in [5, 5.41) is 2.24. The van der Waals surface area contributed by atoms with Crippen molar-refractivity contribution in [3.05, 3.63) is 188 Å². The summed E-state index contributed by atoms with van der Waals surface area (Å²) in [6.07, 6.45) is 1.90. The standard InChI is InChI=1S/C50H41N4O.Pt/c1-34-35(2)53(42-28-38(36-15-8-6-9-16-36)27-39(29-42)37-17-10-7-11-18-37)33-52(34)41-19-14-20-43(31-41)55-44-23-24-46-45-21-12-13-22-47(45)54(48(46)32-44)49-30-40(25-26-51-49)50(3,4)5;/h6-30,33H,1-5H3;/q-3;. The van der Waals surface area contributed by atoms with Gasteiger partial charge in [0.2, 0.25) is 0 Å². The summed E-state index contributed by atoms with van der Waals surface area (Å²) in [4.78, 5) is 9.27. The molecule has 0 atom stereocenters. The SMILES string of the molecule is CC1=C(C)N(c2cc(-c3ccccc3)cc(-c3ccccc3)c2)[CH-]N1c1[c-]c(Oc2[c-]c3c(cc2)c2ccccc2n3-c2cc(C(C)(C)C)ccn2)ccc1.[Pt]. The van der Waals surface area contributed by atoms with E-state index in [0.29, 0.717) is 11.5 Å². The van der Waals surface area contributed by atoms with Gasteiger partial charge in [0.1, 0.15) is 5.82 Å². The molecular weight excluding hydrogens is 868 g/mol. The summed E-state index contributed by atoms with van der Waals surface area (Å²) in [5.74, 6) is 2.08. The number of hydrogen-bond donors (Lipinski definition) is 0. The molecule has 1 aliphatic rings. The Morgan fingerprint density at radius 1 is 0.589 bits per heavy atom. The van der Waals surface area contributed by atoms with Crippen LogP contribution in [0.4, 0.5) is 11.4 Å². The average Bonchev–Trinajstić information content (AvgIpc) is 3.71. The first-order chi connectivity index (χ1) is 26.7. The molecular formula is C50H41N4OPt-3. The molecule has 6 heteroatoms. The van der Waals surface area contributed by atoms with E-state index in [-0.39, 0.29) is 26.5 Å². The van der Waals surface area contributed by atoms with Gasteiger partial charge in [-0.2, -0.15) is 12.1 Å². The van der Waals surface area contributed by atoms with Crippen molar-refractivity contribution in [3.8, 4) is 39.6 Å². The quantitative estimate of drug-likeness (QED) is 0.149. The van der Waals surface area contributed by atoms with Gasteiger partial charge >= 0.3 is 0 Å². The van der Waals surface area contributed by atoms with Crippen molar-refractivity contribution in [3.63, 3.8) is 0 Å². The van der Waals surface area contributed by atoms with Crippen LogP contribution < -0.4 is 14.5 Å². The van der Waals surface area contributed by atoms with Crippen LogP contribution in [-0.2, 0) is 26.5 Å². The zero-order valence-electron chi connectivity index (χ0n) is 32.0. The van der Waals surface area contributed by atoms with Crippen LogP contribution >= 0.6 is 0 Å². The predicted molar refractivity (Wildman–Crippen MR) is 226 cm³/mol. The third kappa shape index (κ3) is 6.93. The van der Waals surface area contributed by atoms with Crippen molar-refractivity contribution >= 4 is 33.2 Å². The zero-order chi connectivity index (χ0) is 37.7. The van der Waals surface area contributed by atoms with Crippen molar-refractivity contribution < 1.29 is 25.8 Å². The fourth-order valence-corrected chi connectivity index (χ4v) is 7.42. The number of benzene rings is 6. The smallest absolute Gasteiger partial charge is 0.135 e. The van der Waals surface area contributed by atoms with Crippen molar-refractivity contribution in [2.45, 2.75) is 40.0 Å². The number of anilines is 2. The normalized spacial score (nSPS) is 13.1. The van der Waals surface area contributed by atoms with Gasteiger partial charge in [-0.15, -0.1) is 48.1 Å². The second-order valence-electron chi connectivity index (χ2n) is 15.1. The minimum absolute atomic E-state index is 0. The number of nitrogens with zero attached hydrogens (tertiary/aromatic N) is 4. The summed E-state index contributed by atoms with van der Waals surface area (Å²) in [6.45, 7) is 13.1. The van der Waals surface area contributed by atoms with Crippen LogP contribution in [0.25, 0.3) is 49.9 Å². The van der Waals surface area contributed by atoms with E-state index >= 15 is 0 Å². The van der Waals surface area contributed by atoms with Crippen LogP contribution in [0.3, 0.4) is 0 Å². The van der Waals surface area contributed by atoms with Gasteiger partial charge in [-0.3, -0.25) is 0 Å². The maximum atomic E-state index is 6.54. The number of hydrogen-bond acceptors (Lipinski definition) is 4. The molecule has 3 heterocycles. The van der Waals surface area contributed by atoms with E-state index in [1.165, 1.54) is 27.8 Å². The molecule has 0 amide bonds. The van der Waals surface area contributed by atoms with E-state index in [9.17, 15) is 0 Å². The van der Waals surface area contributed by atoms with Crippen LogP contribution in [0.15, 0.2) is 163 Å². The van der Waals surface area contributed by atoms with Gasteiger partial charge in [0, 0.05) is 61.4 Å². The van der Waals surface area contributed by atoms with E-state index < -0.39 is 0 Å². The van der Waals surface area contributed by atoms with Crippen LogP contribution in [0, 0.1) is 18.8 Å². The Balaban J connectivity index is 0.00000441. The van der Waals surface area contributed by atoms with Gasteiger partial charge in [0.25, 0.3) is 0 Å². The maximum absolute atomic E-state index is 6.54. The molecule has 0 aliphatic carbocycles. The van der Waals surface area contributed by atoms with Crippen molar-refractivity contribution in [2.75, 3.05) is 9.80 Å². The number of ether oxygens (including phenoxy) is 1. The number of fused-ring (bicyclic) bond motifs is 3. The van der Waals surface area contributed by atoms with Gasteiger partial charge < -0.3 is 19.1 Å². The molecule has 6 aromatic carbocycles. The molecule has 2 aromatic heterocycles. The third-order valence-corrected chi connectivity index (χ3v) is 10.5. The Hall–Kier alpha value is -5.90. The Morgan fingerprint density at radius 3 is 1.93 bits per heavy atom. The Morgan fingerprint density at radius 2 is 1.23 bits per heavy atom.